The van der Waals surface area contributed by atoms with E-state index in [2.05, 4.69) is 0 Å². The Hall–Kier alpha value is -4.06. The minimum Gasteiger partial charge on any atom is -0.497 e. The molecule has 0 aliphatic carbocycles. The number of methoxy groups -OCH3 is 1. The monoisotopic (exact) mass is 401 g/mol. The Balaban J connectivity index is 1.66. The molecule has 0 fully saturated rings. The van der Waals surface area contributed by atoms with Crippen LogP contribution >= 0.6 is 0 Å². The van der Waals surface area contributed by atoms with Crippen LogP contribution in [-0.4, -0.2) is 19.1 Å². The Labute approximate surface area is 173 Å². The summed E-state index contributed by atoms with van der Waals surface area (Å²) in [6, 6.07) is 24.6. The number of fused-ring (bicyclic) bond motifs is 1. The van der Waals surface area contributed by atoms with Crippen molar-refractivity contribution in [2.45, 2.75) is 6.61 Å². The van der Waals surface area contributed by atoms with Gasteiger partial charge in [0.15, 0.2) is 0 Å². The number of furan rings is 1. The first-order valence-corrected chi connectivity index (χ1v) is 9.33. The number of carbonyl (C=O) groups is 2. The second-order valence-electron chi connectivity index (χ2n) is 6.53. The number of carbonyl (C=O) groups excluding carboxylic acids is 2. The maximum Gasteiger partial charge on any atom is 0.424 e. The average molecular weight is 401 g/mol. The number of anilines is 1. The number of imide groups is 1. The Morgan fingerprint density at radius 1 is 0.900 bits per heavy atom. The van der Waals surface area contributed by atoms with Crippen molar-refractivity contribution in [3.63, 3.8) is 0 Å². The minimum absolute atomic E-state index is 0.0340. The summed E-state index contributed by atoms with van der Waals surface area (Å²) in [6.07, 6.45) is -0.821. The topological polar surface area (TPSA) is 69.0 Å². The highest BCUT2D eigenvalue weighted by Gasteiger charge is 2.29. The Morgan fingerprint density at radius 3 is 2.30 bits per heavy atom. The first-order valence-electron chi connectivity index (χ1n) is 9.33. The number of ether oxygens (including phenoxy) is 2. The van der Waals surface area contributed by atoms with Gasteiger partial charge in [0.05, 0.1) is 7.11 Å². The van der Waals surface area contributed by atoms with E-state index >= 15 is 0 Å². The molecule has 0 spiro atoms. The number of nitrogens with zero attached hydrogens (tertiary/aromatic N) is 1. The molecule has 0 bridgehead atoms. The summed E-state index contributed by atoms with van der Waals surface area (Å²) in [6.45, 7) is 0.0340. The molecule has 3 aromatic carbocycles. The van der Waals surface area contributed by atoms with Gasteiger partial charge in [-0.1, -0.05) is 48.5 Å². The van der Waals surface area contributed by atoms with Crippen LogP contribution in [0.25, 0.3) is 11.0 Å². The second kappa shape index (κ2) is 8.53. The van der Waals surface area contributed by atoms with Gasteiger partial charge in [0.2, 0.25) is 5.88 Å². The Morgan fingerprint density at radius 2 is 1.60 bits per heavy atom. The molecule has 0 saturated carbocycles. The molecular weight excluding hydrogens is 382 g/mol. The molecule has 4 aromatic rings. The van der Waals surface area contributed by atoms with Crippen molar-refractivity contribution in [2.75, 3.05) is 12.0 Å². The second-order valence-corrected chi connectivity index (χ2v) is 6.53. The molecule has 0 unspecified atom stereocenters. The molecule has 0 aliphatic rings. The van der Waals surface area contributed by atoms with E-state index in [0.29, 0.717) is 16.9 Å². The number of rotatable bonds is 5. The molecule has 1 heterocycles. The van der Waals surface area contributed by atoms with Gasteiger partial charge in [0.1, 0.15) is 17.9 Å². The van der Waals surface area contributed by atoms with Crippen molar-refractivity contribution < 1.29 is 23.5 Å². The van der Waals surface area contributed by atoms with Crippen LogP contribution in [0.2, 0.25) is 0 Å². The molecule has 4 rings (SSSR count). The van der Waals surface area contributed by atoms with Crippen LogP contribution < -0.4 is 9.64 Å². The van der Waals surface area contributed by atoms with Crippen LogP contribution in [0.4, 0.5) is 10.7 Å². The van der Waals surface area contributed by atoms with Crippen molar-refractivity contribution in [3.05, 3.63) is 96.1 Å². The van der Waals surface area contributed by atoms with Crippen LogP contribution in [0.1, 0.15) is 15.9 Å². The molecule has 0 aliphatic heterocycles. The third-order valence-corrected chi connectivity index (χ3v) is 4.56. The number of hydrogen-bond donors (Lipinski definition) is 0. The smallest absolute Gasteiger partial charge is 0.424 e. The summed E-state index contributed by atoms with van der Waals surface area (Å²) < 4.78 is 16.3. The van der Waals surface area contributed by atoms with Crippen molar-refractivity contribution in [2.24, 2.45) is 0 Å². The lowest BCUT2D eigenvalue weighted by molar-refractivity contribution is 0.0954. The summed E-state index contributed by atoms with van der Waals surface area (Å²) >= 11 is 0. The fourth-order valence-electron chi connectivity index (χ4n) is 3.00. The molecule has 1 aromatic heterocycles. The summed E-state index contributed by atoms with van der Waals surface area (Å²) in [5.74, 6) is 0.137. The molecule has 0 saturated heterocycles. The van der Waals surface area contributed by atoms with Crippen LogP contribution in [0.15, 0.2) is 89.3 Å². The average Bonchev–Trinajstić information content (AvgIpc) is 3.22. The SMILES string of the molecule is COc1ccc(C(=O)N(C(=O)OCc2ccccc2)c2cc3ccccc3o2)cc1. The lowest BCUT2D eigenvalue weighted by atomic mass is 10.2. The van der Waals surface area contributed by atoms with Gasteiger partial charge in [-0.2, -0.15) is 4.90 Å². The van der Waals surface area contributed by atoms with Gasteiger partial charge in [-0.25, -0.2) is 4.79 Å². The quantitative estimate of drug-likeness (QED) is 0.446. The van der Waals surface area contributed by atoms with Crippen LogP contribution in [0.5, 0.6) is 5.75 Å². The van der Waals surface area contributed by atoms with Crippen molar-refractivity contribution >= 4 is 28.9 Å². The molecule has 6 heteroatoms. The number of hydrogen-bond acceptors (Lipinski definition) is 5. The first-order chi connectivity index (χ1) is 14.7. The molecule has 0 N–H and O–H groups in total. The fourth-order valence-corrected chi connectivity index (χ4v) is 3.00. The van der Waals surface area contributed by atoms with E-state index in [1.54, 1.807) is 43.5 Å². The molecule has 2 amide bonds. The zero-order valence-corrected chi connectivity index (χ0v) is 16.3. The molecular formula is C24H19NO5. The highest BCUT2D eigenvalue weighted by molar-refractivity contribution is 6.19. The van der Waals surface area contributed by atoms with E-state index in [1.807, 2.05) is 48.5 Å². The molecule has 150 valence electrons. The Kier molecular flexibility index (Phi) is 5.48. The molecule has 0 radical (unpaired) electrons. The van der Waals surface area contributed by atoms with Gasteiger partial charge in [-0.15, -0.1) is 0 Å². The van der Waals surface area contributed by atoms with Crippen molar-refractivity contribution in [3.8, 4) is 5.75 Å². The number of amides is 2. The van der Waals surface area contributed by atoms with Gasteiger partial charge in [-0.3, -0.25) is 4.79 Å². The third-order valence-electron chi connectivity index (χ3n) is 4.56. The van der Waals surface area contributed by atoms with E-state index in [4.69, 9.17) is 13.9 Å². The standard InChI is InChI=1S/C24H19NO5/c1-28-20-13-11-18(12-14-20)23(26)25(22-15-19-9-5-6-10-21(19)30-22)24(27)29-16-17-7-3-2-4-8-17/h2-15H,16H2,1H3. The summed E-state index contributed by atoms with van der Waals surface area (Å²) in [7, 11) is 1.54. The van der Waals surface area contributed by atoms with Gasteiger partial charge in [-0.05, 0) is 35.9 Å². The predicted molar refractivity (Wildman–Crippen MR) is 113 cm³/mol. The Bertz CT molecular complexity index is 1130. The molecule has 6 nitrogen and oxygen atoms in total. The number of benzene rings is 3. The third kappa shape index (κ3) is 4.03. The fraction of sp³-hybridized carbons (Fsp3) is 0.0833. The van der Waals surface area contributed by atoms with Crippen molar-refractivity contribution in [1.82, 2.24) is 0 Å². The summed E-state index contributed by atoms with van der Waals surface area (Å²) in [5, 5.41) is 0.774. The van der Waals surface area contributed by atoms with E-state index in [0.717, 1.165) is 15.8 Å². The van der Waals surface area contributed by atoms with E-state index in [-0.39, 0.29) is 12.5 Å². The van der Waals surface area contributed by atoms with E-state index in [9.17, 15) is 9.59 Å². The maximum absolute atomic E-state index is 13.2. The van der Waals surface area contributed by atoms with Crippen LogP contribution in [-0.2, 0) is 11.3 Å². The zero-order chi connectivity index (χ0) is 20.9. The van der Waals surface area contributed by atoms with E-state index < -0.39 is 12.0 Å². The lowest BCUT2D eigenvalue weighted by Gasteiger charge is -2.18. The largest absolute Gasteiger partial charge is 0.497 e. The number of para-hydroxylation sites is 1. The normalized spacial score (nSPS) is 10.6. The van der Waals surface area contributed by atoms with Gasteiger partial charge in [0, 0.05) is 17.0 Å². The molecule has 0 atom stereocenters. The van der Waals surface area contributed by atoms with Gasteiger partial charge in [0.25, 0.3) is 5.91 Å². The minimum atomic E-state index is -0.821. The molecule has 30 heavy (non-hydrogen) atoms. The highest BCUT2D eigenvalue weighted by Crippen LogP contribution is 2.28. The van der Waals surface area contributed by atoms with E-state index in [1.165, 1.54) is 0 Å². The van der Waals surface area contributed by atoms with Gasteiger partial charge >= 0.3 is 6.09 Å². The lowest BCUT2D eigenvalue weighted by Crippen LogP contribution is -2.37. The van der Waals surface area contributed by atoms with Crippen LogP contribution in [0, 0.1) is 0 Å². The van der Waals surface area contributed by atoms with Gasteiger partial charge < -0.3 is 13.9 Å². The first kappa shape index (κ1) is 19.3. The van der Waals surface area contributed by atoms with Crippen molar-refractivity contribution in [1.29, 1.82) is 0 Å². The predicted octanol–water partition coefficient (Wildman–Crippen LogP) is 5.43. The highest BCUT2D eigenvalue weighted by atomic mass is 16.6. The maximum atomic E-state index is 13.2. The van der Waals surface area contributed by atoms with Crippen LogP contribution in [0.3, 0.4) is 0 Å². The summed E-state index contributed by atoms with van der Waals surface area (Å²) in [5.41, 5.74) is 1.68. The zero-order valence-electron chi connectivity index (χ0n) is 16.3. The summed E-state index contributed by atoms with van der Waals surface area (Å²) in [4.78, 5) is 27.0.